The largest absolute Gasteiger partial charge is 0.334 e. The molecule has 3 aromatic heterocycles. The second-order valence-corrected chi connectivity index (χ2v) is 6.72. The van der Waals surface area contributed by atoms with Crippen molar-refractivity contribution in [1.29, 1.82) is 0 Å². The number of hydrogen-bond donors (Lipinski definition) is 0. The normalized spacial score (nSPS) is 11.0. The molecule has 114 valence electrons. The number of rotatable bonds is 4. The van der Waals surface area contributed by atoms with E-state index in [1.807, 2.05) is 29.0 Å². The van der Waals surface area contributed by atoms with Crippen molar-refractivity contribution in [2.24, 2.45) is 0 Å². The summed E-state index contributed by atoms with van der Waals surface area (Å²) >= 11 is 3.30. The van der Waals surface area contributed by atoms with Gasteiger partial charge in [0.2, 0.25) is 5.82 Å². The number of aromatic nitrogens is 3. The molecule has 0 N–H and O–H groups in total. The predicted molar refractivity (Wildman–Crippen MR) is 93.5 cm³/mol. The summed E-state index contributed by atoms with van der Waals surface area (Å²) in [5.74, 6) is 1.15. The number of nitrogens with zero attached hydrogens (tertiary/aromatic N) is 3. The highest BCUT2D eigenvalue weighted by molar-refractivity contribution is 7.10. The van der Waals surface area contributed by atoms with Crippen LogP contribution in [0, 0.1) is 0 Å². The van der Waals surface area contributed by atoms with E-state index in [-0.39, 0.29) is 0 Å². The van der Waals surface area contributed by atoms with Gasteiger partial charge in [0.25, 0.3) is 5.89 Å². The second-order valence-electron chi connectivity index (χ2n) is 5.00. The Morgan fingerprint density at radius 2 is 1.96 bits per heavy atom. The number of thiophene rings is 1. The van der Waals surface area contributed by atoms with Gasteiger partial charge in [0.1, 0.15) is 0 Å². The highest BCUT2D eigenvalue weighted by atomic mass is 32.1. The van der Waals surface area contributed by atoms with Crippen LogP contribution in [0.25, 0.3) is 34.1 Å². The van der Waals surface area contributed by atoms with Gasteiger partial charge in [-0.15, -0.1) is 11.3 Å². The molecule has 0 atom stereocenters. The molecule has 0 radical (unpaired) electrons. The molecule has 0 bridgehead atoms. The Kier molecular flexibility index (Phi) is 3.77. The van der Waals surface area contributed by atoms with Gasteiger partial charge in [0.05, 0.1) is 16.3 Å². The van der Waals surface area contributed by atoms with Crippen LogP contribution in [0.15, 0.2) is 51.0 Å². The van der Waals surface area contributed by atoms with Crippen LogP contribution in [0.2, 0.25) is 0 Å². The fraction of sp³-hybridized carbons (Fsp3) is 0.118. The fourth-order valence-corrected chi connectivity index (χ4v) is 3.65. The molecule has 4 nitrogen and oxygen atoms in total. The smallest absolute Gasteiger partial charge is 0.259 e. The van der Waals surface area contributed by atoms with E-state index in [1.54, 1.807) is 22.7 Å². The average molecular weight is 339 g/mol. The standard InChI is InChI=1S/C17H13N3OS2/c1-2-15-18-14(10-23-15)11-4-3-5-12(8-11)16-19-17(21-20-16)13-6-7-22-9-13/h3-10H,2H2,1H3. The first-order chi connectivity index (χ1) is 11.3. The van der Waals surface area contributed by atoms with Gasteiger partial charge < -0.3 is 4.52 Å². The summed E-state index contributed by atoms with van der Waals surface area (Å²) in [7, 11) is 0. The number of hydrogen-bond acceptors (Lipinski definition) is 6. The lowest BCUT2D eigenvalue weighted by molar-refractivity contribution is 0.432. The quantitative estimate of drug-likeness (QED) is 0.516. The van der Waals surface area contributed by atoms with Gasteiger partial charge in [-0.05, 0) is 23.9 Å². The first-order valence-electron chi connectivity index (χ1n) is 7.25. The highest BCUT2D eigenvalue weighted by Gasteiger charge is 2.12. The average Bonchev–Trinajstić information content (AvgIpc) is 3.35. The van der Waals surface area contributed by atoms with E-state index in [1.165, 1.54) is 0 Å². The molecule has 0 saturated heterocycles. The van der Waals surface area contributed by atoms with Crippen LogP contribution >= 0.6 is 22.7 Å². The van der Waals surface area contributed by atoms with Gasteiger partial charge >= 0.3 is 0 Å². The number of aryl methyl sites for hydroxylation is 1. The molecule has 0 spiro atoms. The van der Waals surface area contributed by atoms with E-state index in [4.69, 9.17) is 4.52 Å². The van der Waals surface area contributed by atoms with Gasteiger partial charge in [-0.3, -0.25) is 0 Å². The van der Waals surface area contributed by atoms with Gasteiger partial charge in [-0.25, -0.2) is 4.98 Å². The topological polar surface area (TPSA) is 51.8 Å². The third-order valence-electron chi connectivity index (χ3n) is 3.46. The van der Waals surface area contributed by atoms with E-state index < -0.39 is 0 Å². The lowest BCUT2D eigenvalue weighted by Crippen LogP contribution is -1.84. The molecule has 0 aliphatic carbocycles. The van der Waals surface area contributed by atoms with Crippen LogP contribution in [0.5, 0.6) is 0 Å². The Hall–Kier alpha value is -2.31. The van der Waals surface area contributed by atoms with Crippen molar-refractivity contribution in [3.05, 3.63) is 51.5 Å². The van der Waals surface area contributed by atoms with Crippen LogP contribution < -0.4 is 0 Å². The molecule has 3 heterocycles. The molecular formula is C17H13N3OS2. The molecular weight excluding hydrogens is 326 g/mol. The molecule has 1 aromatic carbocycles. The lowest BCUT2D eigenvalue weighted by atomic mass is 10.1. The van der Waals surface area contributed by atoms with Gasteiger partial charge in [-0.1, -0.05) is 30.3 Å². The third-order valence-corrected chi connectivity index (χ3v) is 5.14. The summed E-state index contributed by atoms with van der Waals surface area (Å²) in [6.07, 6.45) is 0.958. The van der Waals surface area contributed by atoms with Gasteiger partial charge in [0, 0.05) is 21.9 Å². The first kappa shape index (κ1) is 14.3. The van der Waals surface area contributed by atoms with E-state index in [0.29, 0.717) is 11.7 Å². The summed E-state index contributed by atoms with van der Waals surface area (Å²) < 4.78 is 5.36. The molecule has 4 aromatic rings. The van der Waals surface area contributed by atoms with Gasteiger partial charge in [0.15, 0.2) is 0 Å². The first-order valence-corrected chi connectivity index (χ1v) is 9.07. The van der Waals surface area contributed by atoms with Crippen LogP contribution in [0.4, 0.5) is 0 Å². The summed E-state index contributed by atoms with van der Waals surface area (Å²) in [6.45, 7) is 2.12. The van der Waals surface area contributed by atoms with Crippen LogP contribution in [-0.4, -0.2) is 15.1 Å². The Labute approximate surface area is 141 Å². The summed E-state index contributed by atoms with van der Waals surface area (Å²) in [5.41, 5.74) is 3.95. The fourth-order valence-electron chi connectivity index (χ4n) is 2.27. The SMILES string of the molecule is CCc1nc(-c2cccc(-c3noc(-c4ccsc4)n3)c2)cs1. The zero-order valence-corrected chi connectivity index (χ0v) is 14.0. The minimum Gasteiger partial charge on any atom is -0.334 e. The summed E-state index contributed by atoms with van der Waals surface area (Å²) in [6, 6.07) is 10.1. The molecule has 0 aliphatic heterocycles. The molecule has 23 heavy (non-hydrogen) atoms. The Morgan fingerprint density at radius 1 is 1.04 bits per heavy atom. The van der Waals surface area contributed by atoms with Crippen molar-refractivity contribution in [1.82, 2.24) is 15.1 Å². The minimum atomic E-state index is 0.550. The Morgan fingerprint density at radius 3 is 2.74 bits per heavy atom. The van der Waals surface area contributed by atoms with Crippen molar-refractivity contribution >= 4 is 22.7 Å². The number of thiazole rings is 1. The zero-order chi connectivity index (χ0) is 15.6. The second kappa shape index (κ2) is 6.06. The van der Waals surface area contributed by atoms with Crippen molar-refractivity contribution < 1.29 is 4.52 Å². The number of benzene rings is 1. The summed E-state index contributed by atoms with van der Waals surface area (Å²) in [5, 5.41) is 11.3. The molecule has 0 unspecified atom stereocenters. The van der Waals surface area contributed by atoms with Crippen molar-refractivity contribution in [2.75, 3.05) is 0 Å². The molecule has 0 fully saturated rings. The van der Waals surface area contributed by atoms with E-state index in [2.05, 4.69) is 39.6 Å². The summed E-state index contributed by atoms with van der Waals surface area (Å²) in [4.78, 5) is 9.13. The minimum absolute atomic E-state index is 0.550. The monoisotopic (exact) mass is 339 g/mol. The van der Waals surface area contributed by atoms with Crippen molar-refractivity contribution in [3.63, 3.8) is 0 Å². The lowest BCUT2D eigenvalue weighted by Gasteiger charge is -1.99. The Bertz CT molecular complexity index is 925. The van der Waals surface area contributed by atoms with Crippen molar-refractivity contribution in [2.45, 2.75) is 13.3 Å². The zero-order valence-electron chi connectivity index (χ0n) is 12.4. The molecule has 0 saturated carbocycles. The Balaban J connectivity index is 1.68. The van der Waals surface area contributed by atoms with Crippen LogP contribution in [0.3, 0.4) is 0 Å². The highest BCUT2D eigenvalue weighted by Crippen LogP contribution is 2.28. The maximum Gasteiger partial charge on any atom is 0.259 e. The van der Waals surface area contributed by atoms with Crippen molar-refractivity contribution in [3.8, 4) is 34.1 Å². The molecule has 0 amide bonds. The van der Waals surface area contributed by atoms with Crippen LogP contribution in [-0.2, 0) is 6.42 Å². The van der Waals surface area contributed by atoms with E-state index >= 15 is 0 Å². The molecule has 4 rings (SSSR count). The van der Waals surface area contributed by atoms with E-state index in [0.717, 1.165) is 33.8 Å². The van der Waals surface area contributed by atoms with Crippen LogP contribution in [0.1, 0.15) is 11.9 Å². The predicted octanol–water partition coefficient (Wildman–Crippen LogP) is 5.15. The molecule has 6 heteroatoms. The van der Waals surface area contributed by atoms with E-state index in [9.17, 15) is 0 Å². The molecule has 0 aliphatic rings. The maximum absolute atomic E-state index is 5.36. The van der Waals surface area contributed by atoms with Gasteiger partial charge in [-0.2, -0.15) is 16.3 Å². The third kappa shape index (κ3) is 2.83. The maximum atomic E-state index is 5.36.